The van der Waals surface area contributed by atoms with E-state index in [4.69, 9.17) is 4.74 Å². The number of para-hydroxylation sites is 2. The van der Waals surface area contributed by atoms with Gasteiger partial charge < -0.3 is 9.84 Å². The van der Waals surface area contributed by atoms with Crippen LogP contribution in [0.15, 0.2) is 65.8 Å². The maximum atomic E-state index is 10.3. The average Bonchev–Trinajstić information content (AvgIpc) is 3.45. The fourth-order valence-corrected chi connectivity index (χ4v) is 3.59. The van der Waals surface area contributed by atoms with Gasteiger partial charge in [-0.1, -0.05) is 48.2 Å². The molecule has 0 radical (unpaired) electrons. The van der Waals surface area contributed by atoms with E-state index in [2.05, 4.69) is 26.9 Å². The van der Waals surface area contributed by atoms with Crippen LogP contribution in [0.25, 0.3) is 5.69 Å². The molecule has 26 heavy (non-hydrogen) atoms. The third-order valence-electron chi connectivity index (χ3n) is 4.21. The molecule has 4 rings (SSSR count). The Bertz CT molecular complexity index is 835. The Hall–Kier alpha value is -2.31. The van der Waals surface area contributed by atoms with Crippen molar-refractivity contribution < 1.29 is 9.84 Å². The number of hydrogen-bond donors (Lipinski definition) is 1. The fourth-order valence-electron chi connectivity index (χ4n) is 2.73. The van der Waals surface area contributed by atoms with Crippen LogP contribution in [0.2, 0.25) is 0 Å². The smallest absolute Gasteiger partial charge is 0.195 e. The van der Waals surface area contributed by atoms with Crippen molar-refractivity contribution in [3.8, 4) is 11.4 Å². The van der Waals surface area contributed by atoms with E-state index in [-0.39, 0.29) is 6.61 Å². The molecule has 1 unspecified atom stereocenters. The van der Waals surface area contributed by atoms with Crippen molar-refractivity contribution in [3.63, 3.8) is 0 Å². The van der Waals surface area contributed by atoms with Crippen molar-refractivity contribution in [1.82, 2.24) is 14.8 Å². The van der Waals surface area contributed by atoms with Crippen molar-refractivity contribution in [2.45, 2.75) is 30.0 Å². The van der Waals surface area contributed by atoms with Gasteiger partial charge in [0.15, 0.2) is 5.16 Å². The van der Waals surface area contributed by atoms with E-state index in [1.54, 1.807) is 0 Å². The maximum Gasteiger partial charge on any atom is 0.195 e. The summed E-state index contributed by atoms with van der Waals surface area (Å²) in [5.41, 5.74) is 1.07. The number of hydrogen-bond acceptors (Lipinski definition) is 5. The second-order valence-electron chi connectivity index (χ2n) is 6.37. The van der Waals surface area contributed by atoms with Crippen LogP contribution in [0.4, 0.5) is 0 Å². The second kappa shape index (κ2) is 7.93. The highest BCUT2D eigenvalue weighted by Gasteiger charge is 2.31. The van der Waals surface area contributed by atoms with Crippen molar-refractivity contribution in [1.29, 1.82) is 0 Å². The van der Waals surface area contributed by atoms with Crippen LogP contribution in [-0.2, 0) is 0 Å². The standard InChI is InChI=1S/C20H21N3O2S/c24-17(13-25-18-9-5-2-6-10-18)14-26-20-22-21-19(15-11-12-15)23(20)16-7-3-1-4-8-16/h1-10,15,17,24H,11-14H2. The fraction of sp³-hybridized carbons (Fsp3) is 0.300. The van der Waals surface area contributed by atoms with Crippen LogP contribution >= 0.6 is 11.8 Å². The first-order chi connectivity index (χ1) is 12.8. The van der Waals surface area contributed by atoms with E-state index >= 15 is 0 Å². The Labute approximate surface area is 157 Å². The number of ether oxygens (including phenoxy) is 1. The molecule has 1 aliphatic rings. The Morgan fingerprint density at radius 2 is 1.73 bits per heavy atom. The predicted octanol–water partition coefficient (Wildman–Crippen LogP) is 3.68. The summed E-state index contributed by atoms with van der Waals surface area (Å²) in [4.78, 5) is 0. The first-order valence-corrected chi connectivity index (χ1v) is 9.79. The molecule has 0 saturated heterocycles. The van der Waals surface area contributed by atoms with Gasteiger partial charge in [-0.05, 0) is 37.1 Å². The van der Waals surface area contributed by atoms with Crippen LogP contribution in [0, 0.1) is 0 Å². The molecule has 1 fully saturated rings. The Morgan fingerprint density at radius 3 is 2.42 bits per heavy atom. The van der Waals surface area contributed by atoms with E-state index in [0.29, 0.717) is 11.7 Å². The second-order valence-corrected chi connectivity index (χ2v) is 7.36. The molecule has 5 nitrogen and oxygen atoms in total. The monoisotopic (exact) mass is 367 g/mol. The van der Waals surface area contributed by atoms with Gasteiger partial charge in [0.1, 0.15) is 18.2 Å². The highest BCUT2D eigenvalue weighted by molar-refractivity contribution is 7.99. The minimum Gasteiger partial charge on any atom is -0.491 e. The lowest BCUT2D eigenvalue weighted by Gasteiger charge is -2.13. The molecule has 0 aliphatic heterocycles. The van der Waals surface area contributed by atoms with Crippen LogP contribution in [0.5, 0.6) is 5.75 Å². The number of aliphatic hydroxyl groups excluding tert-OH is 1. The summed E-state index contributed by atoms with van der Waals surface area (Å²) in [5.74, 6) is 2.79. The molecule has 134 valence electrons. The quantitative estimate of drug-likeness (QED) is 0.616. The molecule has 3 aromatic rings. The summed E-state index contributed by atoms with van der Waals surface area (Å²) in [6, 6.07) is 19.7. The van der Waals surface area contributed by atoms with Gasteiger partial charge in [0, 0.05) is 17.4 Å². The lowest BCUT2D eigenvalue weighted by Crippen LogP contribution is -2.20. The summed E-state index contributed by atoms with van der Waals surface area (Å²) in [5, 5.41) is 19.8. The van der Waals surface area contributed by atoms with Gasteiger partial charge >= 0.3 is 0 Å². The minimum absolute atomic E-state index is 0.256. The van der Waals surface area contributed by atoms with E-state index in [1.165, 1.54) is 24.6 Å². The van der Waals surface area contributed by atoms with Crippen LogP contribution in [0.1, 0.15) is 24.6 Å². The van der Waals surface area contributed by atoms with Crippen LogP contribution < -0.4 is 4.74 Å². The molecular formula is C20H21N3O2S. The minimum atomic E-state index is -0.578. The number of thioether (sulfide) groups is 1. The molecule has 6 heteroatoms. The van der Waals surface area contributed by atoms with Gasteiger partial charge in [0.05, 0.1) is 6.10 Å². The zero-order valence-corrected chi connectivity index (χ0v) is 15.2. The Balaban J connectivity index is 1.42. The maximum absolute atomic E-state index is 10.3. The number of benzene rings is 2. The summed E-state index contributed by atoms with van der Waals surface area (Å²) in [7, 11) is 0. The van der Waals surface area contributed by atoms with Crippen LogP contribution in [0.3, 0.4) is 0 Å². The molecule has 1 aromatic heterocycles. The lowest BCUT2D eigenvalue weighted by atomic mass is 10.3. The van der Waals surface area contributed by atoms with Crippen molar-refractivity contribution in [2.75, 3.05) is 12.4 Å². The lowest BCUT2D eigenvalue weighted by molar-refractivity contribution is 0.126. The number of rotatable bonds is 8. The van der Waals surface area contributed by atoms with Crippen molar-refractivity contribution >= 4 is 11.8 Å². The molecular weight excluding hydrogens is 346 g/mol. The summed E-state index contributed by atoms with van der Waals surface area (Å²) in [6.45, 7) is 0.256. The predicted molar refractivity (Wildman–Crippen MR) is 102 cm³/mol. The molecule has 1 N–H and O–H groups in total. The first kappa shape index (κ1) is 17.1. The van der Waals surface area contributed by atoms with Gasteiger partial charge in [-0.15, -0.1) is 10.2 Å². The van der Waals surface area contributed by atoms with E-state index in [1.807, 2.05) is 48.5 Å². The van der Waals surface area contributed by atoms with E-state index in [9.17, 15) is 5.11 Å². The summed E-state index contributed by atoms with van der Waals surface area (Å²) in [6.07, 6.45) is 1.76. The Kier molecular flexibility index (Phi) is 5.22. The molecule has 0 bridgehead atoms. The number of aromatic nitrogens is 3. The number of nitrogens with zero attached hydrogens (tertiary/aromatic N) is 3. The molecule has 0 amide bonds. The van der Waals surface area contributed by atoms with Gasteiger partial charge in [0.2, 0.25) is 0 Å². The highest BCUT2D eigenvalue weighted by Crippen LogP contribution is 2.41. The summed E-state index contributed by atoms with van der Waals surface area (Å²) < 4.78 is 7.74. The van der Waals surface area contributed by atoms with Crippen molar-refractivity contribution in [3.05, 3.63) is 66.5 Å². The normalized spacial score (nSPS) is 15.0. The van der Waals surface area contributed by atoms with Gasteiger partial charge in [0.25, 0.3) is 0 Å². The zero-order valence-electron chi connectivity index (χ0n) is 14.4. The van der Waals surface area contributed by atoms with Crippen LogP contribution in [-0.4, -0.2) is 38.3 Å². The molecule has 1 saturated carbocycles. The zero-order chi connectivity index (χ0) is 17.8. The average molecular weight is 367 g/mol. The van der Waals surface area contributed by atoms with Gasteiger partial charge in [-0.3, -0.25) is 4.57 Å². The molecule has 1 heterocycles. The topological polar surface area (TPSA) is 60.2 Å². The highest BCUT2D eigenvalue weighted by atomic mass is 32.2. The van der Waals surface area contributed by atoms with E-state index < -0.39 is 6.10 Å². The third kappa shape index (κ3) is 4.08. The van der Waals surface area contributed by atoms with Gasteiger partial charge in [-0.25, -0.2) is 0 Å². The van der Waals surface area contributed by atoms with E-state index in [0.717, 1.165) is 22.4 Å². The molecule has 1 atom stereocenters. The van der Waals surface area contributed by atoms with Gasteiger partial charge in [-0.2, -0.15) is 0 Å². The molecule has 1 aliphatic carbocycles. The first-order valence-electron chi connectivity index (χ1n) is 8.80. The molecule has 0 spiro atoms. The summed E-state index contributed by atoms with van der Waals surface area (Å²) >= 11 is 1.51. The number of aliphatic hydroxyl groups is 1. The molecule has 2 aromatic carbocycles. The Morgan fingerprint density at radius 1 is 1.04 bits per heavy atom. The SMILES string of the molecule is OC(COc1ccccc1)CSc1nnc(C2CC2)n1-c1ccccc1. The largest absolute Gasteiger partial charge is 0.491 e. The third-order valence-corrected chi connectivity index (χ3v) is 5.28. The van der Waals surface area contributed by atoms with Crippen molar-refractivity contribution in [2.24, 2.45) is 0 Å².